The second-order valence-corrected chi connectivity index (χ2v) is 7.35. The lowest BCUT2D eigenvalue weighted by Crippen LogP contribution is -2.55. The summed E-state index contributed by atoms with van der Waals surface area (Å²) < 4.78 is 0. The molecule has 2 saturated heterocycles. The minimum absolute atomic E-state index is 0. The number of fused-ring (bicyclic) bond motifs is 2. The maximum Gasteiger partial charge on any atom is 0.305 e. The molecular formula is C17H29ClN8O6. The van der Waals surface area contributed by atoms with Crippen LogP contribution < -0.4 is 38.1 Å². The summed E-state index contributed by atoms with van der Waals surface area (Å²) in [5.74, 6) is -3.80. The molecule has 0 aliphatic carbocycles. The molecule has 10 N–H and O–H groups in total. The van der Waals surface area contributed by atoms with E-state index in [1.165, 1.54) is 0 Å². The van der Waals surface area contributed by atoms with Crippen molar-refractivity contribution < 1.29 is 29.1 Å². The van der Waals surface area contributed by atoms with Crippen molar-refractivity contribution in [2.45, 2.75) is 49.9 Å². The number of aliphatic imine (C=N–C) groups is 1. The zero-order valence-corrected chi connectivity index (χ0v) is 18.1. The molecule has 4 amide bonds. The summed E-state index contributed by atoms with van der Waals surface area (Å²) in [6, 6.07) is -3.32. The minimum atomic E-state index is -1.31. The molecule has 180 valence electrons. The van der Waals surface area contributed by atoms with Crippen LogP contribution in [0.5, 0.6) is 0 Å². The van der Waals surface area contributed by atoms with Gasteiger partial charge in [-0.05, 0) is 19.3 Å². The van der Waals surface area contributed by atoms with Crippen LogP contribution in [0.2, 0.25) is 0 Å². The van der Waals surface area contributed by atoms with Gasteiger partial charge in [-0.1, -0.05) is 0 Å². The fraction of sp³-hybridized carbons (Fsp3) is 0.647. The lowest BCUT2D eigenvalue weighted by atomic mass is 10.1. The molecule has 2 bridgehead atoms. The number of carbonyl (C=O) groups is 5. The monoisotopic (exact) mass is 476 g/mol. The fourth-order valence-electron chi connectivity index (χ4n) is 3.31. The van der Waals surface area contributed by atoms with E-state index in [1.54, 1.807) is 0 Å². The highest BCUT2D eigenvalue weighted by Crippen LogP contribution is 2.10. The number of hydrogen-bond acceptors (Lipinski definition) is 7. The van der Waals surface area contributed by atoms with Gasteiger partial charge in [-0.25, -0.2) is 0 Å². The highest BCUT2D eigenvalue weighted by Gasteiger charge is 2.34. The van der Waals surface area contributed by atoms with E-state index >= 15 is 0 Å². The molecule has 2 heterocycles. The van der Waals surface area contributed by atoms with Crippen LogP contribution in [0, 0.1) is 0 Å². The molecule has 0 aromatic heterocycles. The summed E-state index contributed by atoms with van der Waals surface area (Å²) in [6.07, 6.45) is 0.251. The van der Waals surface area contributed by atoms with E-state index in [-0.39, 0.29) is 44.3 Å². The van der Waals surface area contributed by atoms with Gasteiger partial charge in [0.1, 0.15) is 12.1 Å². The van der Waals surface area contributed by atoms with Gasteiger partial charge in [0.05, 0.1) is 19.0 Å². The Morgan fingerprint density at radius 2 is 1.75 bits per heavy atom. The maximum atomic E-state index is 12.6. The number of aliphatic carboxylic acids is 1. The first-order valence-electron chi connectivity index (χ1n) is 9.84. The van der Waals surface area contributed by atoms with Crippen LogP contribution >= 0.6 is 12.4 Å². The third-order valence-corrected chi connectivity index (χ3v) is 4.83. The predicted octanol–water partition coefficient (Wildman–Crippen LogP) is -4.12. The Morgan fingerprint density at radius 3 is 2.41 bits per heavy atom. The quantitative estimate of drug-likeness (QED) is 0.105. The van der Waals surface area contributed by atoms with Crippen LogP contribution in [0.1, 0.15) is 25.7 Å². The van der Waals surface area contributed by atoms with Crippen molar-refractivity contribution in [2.75, 3.05) is 19.6 Å². The largest absolute Gasteiger partial charge is 0.481 e. The van der Waals surface area contributed by atoms with Gasteiger partial charge >= 0.3 is 5.97 Å². The van der Waals surface area contributed by atoms with E-state index in [2.05, 4.69) is 31.6 Å². The van der Waals surface area contributed by atoms with Crippen molar-refractivity contribution in [3.8, 4) is 0 Å². The SMILES string of the molecule is Cl.NC(N)=NCCC[C@@H]1NC(=O)[C@@H]2C[C@@H](CN2)NC(=O)[C@H](CC(=O)O)NC(=O)CNC1=O. The van der Waals surface area contributed by atoms with Crippen molar-refractivity contribution in [3.05, 3.63) is 0 Å². The Kier molecular flexibility index (Phi) is 10.6. The van der Waals surface area contributed by atoms with Gasteiger partial charge in [0.25, 0.3) is 0 Å². The number of halogens is 1. The van der Waals surface area contributed by atoms with E-state index in [0.29, 0.717) is 6.42 Å². The second-order valence-electron chi connectivity index (χ2n) is 7.35. The molecule has 2 rings (SSSR count). The van der Waals surface area contributed by atoms with Gasteiger partial charge in [-0.15, -0.1) is 12.4 Å². The lowest BCUT2D eigenvalue weighted by molar-refractivity contribution is -0.141. The Morgan fingerprint density at radius 1 is 1.03 bits per heavy atom. The number of carboxylic acids is 1. The topological polar surface area (TPSA) is 230 Å². The Labute approximate surface area is 190 Å². The first-order chi connectivity index (χ1) is 14.7. The number of carbonyl (C=O) groups excluding carboxylic acids is 4. The summed E-state index contributed by atoms with van der Waals surface area (Å²) in [7, 11) is 0. The Bertz CT molecular complexity index is 759. The summed E-state index contributed by atoms with van der Waals surface area (Å²) in [4.78, 5) is 64.6. The lowest BCUT2D eigenvalue weighted by Gasteiger charge is -2.23. The van der Waals surface area contributed by atoms with Gasteiger partial charge in [0.2, 0.25) is 23.6 Å². The number of nitrogens with one attached hydrogen (secondary N) is 5. The van der Waals surface area contributed by atoms with E-state index in [1.807, 2.05) is 0 Å². The molecule has 2 fully saturated rings. The fourth-order valence-corrected chi connectivity index (χ4v) is 3.31. The molecule has 0 radical (unpaired) electrons. The third-order valence-electron chi connectivity index (χ3n) is 4.83. The van der Waals surface area contributed by atoms with Crippen molar-refractivity contribution in [2.24, 2.45) is 16.5 Å². The van der Waals surface area contributed by atoms with Gasteiger partial charge < -0.3 is 43.2 Å². The first kappa shape index (κ1) is 26.9. The molecule has 0 aromatic carbocycles. The molecule has 2 aliphatic heterocycles. The molecule has 0 unspecified atom stereocenters. The summed E-state index contributed by atoms with van der Waals surface area (Å²) in [6.45, 7) is 0.0433. The van der Waals surface area contributed by atoms with Crippen molar-refractivity contribution in [1.29, 1.82) is 0 Å². The molecule has 15 heteroatoms. The summed E-state index contributed by atoms with van der Waals surface area (Å²) in [5, 5.41) is 22.0. The van der Waals surface area contributed by atoms with Crippen molar-refractivity contribution >= 4 is 48.0 Å². The number of rotatable bonds is 6. The van der Waals surface area contributed by atoms with Crippen LogP contribution in [0.15, 0.2) is 4.99 Å². The molecule has 0 aromatic rings. The molecule has 32 heavy (non-hydrogen) atoms. The van der Waals surface area contributed by atoms with E-state index < -0.39 is 66.7 Å². The number of carboxylic acid groups (broad SMARTS) is 1. The number of nitrogens with zero attached hydrogens (tertiary/aromatic N) is 1. The standard InChI is InChI=1S/C17H28N8O6.ClH/c18-17(19)20-3-1-2-9-14(29)22-7-12(26)24-11(5-13(27)28)16(31)23-8-4-10(21-6-8)15(30)25-9;/h8-11,21H,1-7H2,(H,22,29)(H,23,31)(H,24,26)(H,25,30)(H,27,28)(H4,18,19,20);1H/t8-,9-,10-,11-;/m0./s1. The van der Waals surface area contributed by atoms with Crippen LogP contribution in [0.4, 0.5) is 0 Å². The molecule has 2 aliphatic rings. The molecule has 0 saturated carbocycles. The average Bonchev–Trinajstić information content (AvgIpc) is 3.15. The molecular weight excluding hydrogens is 448 g/mol. The van der Waals surface area contributed by atoms with Gasteiger partial charge in [0.15, 0.2) is 5.96 Å². The van der Waals surface area contributed by atoms with Gasteiger partial charge in [0, 0.05) is 19.1 Å². The van der Waals surface area contributed by atoms with Crippen LogP contribution in [0.25, 0.3) is 0 Å². The zero-order chi connectivity index (χ0) is 23.0. The minimum Gasteiger partial charge on any atom is -0.481 e. The zero-order valence-electron chi connectivity index (χ0n) is 17.3. The number of amides is 4. The average molecular weight is 477 g/mol. The number of hydrogen-bond donors (Lipinski definition) is 8. The summed E-state index contributed by atoms with van der Waals surface area (Å²) >= 11 is 0. The summed E-state index contributed by atoms with van der Waals surface area (Å²) in [5.41, 5.74) is 10.5. The highest BCUT2D eigenvalue weighted by atomic mass is 35.5. The normalized spacial score (nSPS) is 26.4. The van der Waals surface area contributed by atoms with Gasteiger partial charge in [-0.3, -0.25) is 29.0 Å². The van der Waals surface area contributed by atoms with Crippen LogP contribution in [0.3, 0.4) is 0 Å². The Balaban J connectivity index is 0.00000512. The second kappa shape index (κ2) is 12.7. The van der Waals surface area contributed by atoms with E-state index in [0.717, 1.165) is 0 Å². The van der Waals surface area contributed by atoms with Crippen molar-refractivity contribution in [3.63, 3.8) is 0 Å². The molecule has 4 atom stereocenters. The molecule has 0 spiro atoms. The molecule has 14 nitrogen and oxygen atoms in total. The van der Waals surface area contributed by atoms with Crippen LogP contribution in [-0.4, -0.2) is 84.5 Å². The first-order valence-corrected chi connectivity index (χ1v) is 9.84. The van der Waals surface area contributed by atoms with Crippen LogP contribution in [-0.2, 0) is 24.0 Å². The Hall–Kier alpha value is -3.13. The third kappa shape index (κ3) is 8.55. The maximum absolute atomic E-state index is 12.6. The number of nitrogens with two attached hydrogens (primary N) is 2. The number of guanidine groups is 1. The predicted molar refractivity (Wildman–Crippen MR) is 115 cm³/mol. The van der Waals surface area contributed by atoms with Gasteiger partial charge in [-0.2, -0.15) is 0 Å². The van der Waals surface area contributed by atoms with E-state index in [9.17, 15) is 24.0 Å². The van der Waals surface area contributed by atoms with Crippen molar-refractivity contribution in [1.82, 2.24) is 26.6 Å². The van der Waals surface area contributed by atoms with E-state index in [4.69, 9.17) is 16.6 Å². The smallest absolute Gasteiger partial charge is 0.305 e. The highest BCUT2D eigenvalue weighted by molar-refractivity contribution is 5.94.